The van der Waals surface area contributed by atoms with Gasteiger partial charge in [0.1, 0.15) is 8.07 Å². The van der Waals surface area contributed by atoms with Crippen LogP contribution in [-0.4, -0.2) is 8.07 Å². The van der Waals surface area contributed by atoms with E-state index in [4.69, 9.17) is 0 Å². The molecule has 0 amide bonds. The van der Waals surface area contributed by atoms with Gasteiger partial charge in [-0.3, -0.25) is 0 Å². The Bertz CT molecular complexity index is 308. The van der Waals surface area contributed by atoms with Crippen LogP contribution in [0, 0.1) is 11.5 Å². The predicted octanol–water partition coefficient (Wildman–Crippen LogP) is 8.52. The first kappa shape index (κ1) is 23.8. The van der Waals surface area contributed by atoms with E-state index in [1.807, 2.05) is 6.92 Å². The normalized spacial score (nSPS) is 11.3. The molecule has 0 bridgehead atoms. The molecule has 0 radical (unpaired) electrons. The van der Waals surface area contributed by atoms with Gasteiger partial charge in [-0.2, -0.15) is 0 Å². The van der Waals surface area contributed by atoms with E-state index in [1.165, 1.54) is 109 Å². The van der Waals surface area contributed by atoms with E-state index in [0.717, 1.165) is 0 Å². The maximum absolute atomic E-state index is 3.46. The lowest BCUT2D eigenvalue weighted by atomic mass is 10.0. The summed E-state index contributed by atoms with van der Waals surface area (Å²) in [6, 6.07) is 1.40. The molecule has 0 atom stereocenters. The summed E-state index contributed by atoms with van der Waals surface area (Å²) in [5.74, 6) is 3.12. The molecule has 0 saturated carbocycles. The van der Waals surface area contributed by atoms with Crippen molar-refractivity contribution in [2.45, 2.75) is 136 Å². The summed E-state index contributed by atoms with van der Waals surface area (Å²) in [5, 5.41) is 0. The molecule has 142 valence electrons. The first-order valence-corrected chi connectivity index (χ1v) is 14.3. The molecule has 0 aliphatic carbocycles. The van der Waals surface area contributed by atoms with E-state index in [2.05, 4.69) is 31.5 Å². The van der Waals surface area contributed by atoms with Crippen LogP contribution < -0.4 is 0 Å². The van der Waals surface area contributed by atoms with E-state index in [0.29, 0.717) is 0 Å². The Kier molecular flexibility index (Phi) is 17.4. The Morgan fingerprint density at radius 3 is 1.21 bits per heavy atom. The summed E-state index contributed by atoms with van der Waals surface area (Å²) >= 11 is 0. The fraction of sp³-hybridized carbons (Fsp3) is 0.913. The lowest BCUT2D eigenvalue weighted by Crippen LogP contribution is -2.22. The molecular formula is C23H46Si. The van der Waals surface area contributed by atoms with Crippen LogP contribution in [0.5, 0.6) is 0 Å². The van der Waals surface area contributed by atoms with E-state index >= 15 is 0 Å². The number of hydrogen-bond acceptors (Lipinski definition) is 0. The molecule has 0 heterocycles. The van der Waals surface area contributed by atoms with Crippen LogP contribution in [0.25, 0.3) is 0 Å². The third-order valence-electron chi connectivity index (χ3n) is 5.12. The topological polar surface area (TPSA) is 0 Å². The molecule has 0 rings (SSSR count). The van der Waals surface area contributed by atoms with Crippen molar-refractivity contribution in [1.29, 1.82) is 0 Å². The van der Waals surface area contributed by atoms with Gasteiger partial charge in [-0.25, -0.2) is 0 Å². The van der Waals surface area contributed by atoms with Crippen molar-refractivity contribution in [3.05, 3.63) is 0 Å². The fourth-order valence-corrected chi connectivity index (χ4v) is 5.45. The Hall–Kier alpha value is -0.223. The van der Waals surface area contributed by atoms with Gasteiger partial charge in [0, 0.05) is 0 Å². The Balaban J connectivity index is 3.14. The highest BCUT2D eigenvalue weighted by atomic mass is 28.3. The lowest BCUT2D eigenvalue weighted by Gasteiger charge is -2.14. The van der Waals surface area contributed by atoms with Crippen LogP contribution >= 0.6 is 0 Å². The Labute approximate surface area is 155 Å². The minimum Gasteiger partial charge on any atom is -0.132 e. The lowest BCUT2D eigenvalue weighted by molar-refractivity contribution is 0.531. The third-order valence-corrected chi connectivity index (χ3v) is 7.65. The summed E-state index contributed by atoms with van der Waals surface area (Å²) in [6.07, 6.45) is 23.3. The van der Waals surface area contributed by atoms with Crippen LogP contribution in [-0.2, 0) is 0 Å². The fourth-order valence-electron chi connectivity index (χ4n) is 3.52. The quantitative estimate of drug-likeness (QED) is 0.140. The SMILES string of the molecule is CC#C[Si](C)(C)CCCCCCCCCCCCCCCCCC. The molecule has 0 aliphatic rings. The van der Waals surface area contributed by atoms with E-state index in [9.17, 15) is 0 Å². The van der Waals surface area contributed by atoms with E-state index in [1.54, 1.807) is 0 Å². The summed E-state index contributed by atoms with van der Waals surface area (Å²) in [7, 11) is -1.17. The van der Waals surface area contributed by atoms with Gasteiger partial charge in [0.2, 0.25) is 0 Å². The smallest absolute Gasteiger partial charge is 0.132 e. The van der Waals surface area contributed by atoms with Gasteiger partial charge >= 0.3 is 0 Å². The van der Waals surface area contributed by atoms with Gasteiger partial charge < -0.3 is 0 Å². The van der Waals surface area contributed by atoms with Crippen LogP contribution in [0.1, 0.15) is 117 Å². The molecule has 0 spiro atoms. The zero-order valence-electron chi connectivity index (χ0n) is 17.5. The molecule has 24 heavy (non-hydrogen) atoms. The largest absolute Gasteiger partial charge is 0.132 e. The maximum atomic E-state index is 3.46. The Morgan fingerprint density at radius 1 is 0.542 bits per heavy atom. The molecule has 0 aliphatic heterocycles. The number of hydrogen-bond donors (Lipinski definition) is 0. The van der Waals surface area contributed by atoms with Crippen molar-refractivity contribution >= 4 is 8.07 Å². The van der Waals surface area contributed by atoms with Crippen LogP contribution in [0.15, 0.2) is 0 Å². The van der Waals surface area contributed by atoms with Crippen molar-refractivity contribution < 1.29 is 0 Å². The second-order valence-corrected chi connectivity index (χ2v) is 12.8. The van der Waals surface area contributed by atoms with Gasteiger partial charge in [-0.05, 0) is 13.0 Å². The average Bonchev–Trinajstić information content (AvgIpc) is 2.54. The van der Waals surface area contributed by atoms with Crippen molar-refractivity contribution in [3.8, 4) is 11.5 Å². The van der Waals surface area contributed by atoms with E-state index in [-0.39, 0.29) is 0 Å². The molecule has 0 saturated heterocycles. The first-order chi connectivity index (χ1) is 11.6. The molecule has 0 fully saturated rings. The third kappa shape index (κ3) is 18.1. The monoisotopic (exact) mass is 350 g/mol. The van der Waals surface area contributed by atoms with Gasteiger partial charge in [-0.15, -0.1) is 11.5 Å². The zero-order valence-corrected chi connectivity index (χ0v) is 18.5. The molecule has 1 heteroatoms. The second-order valence-electron chi connectivity index (χ2n) is 8.31. The van der Waals surface area contributed by atoms with Gasteiger partial charge in [0.25, 0.3) is 0 Å². The van der Waals surface area contributed by atoms with E-state index < -0.39 is 8.07 Å². The predicted molar refractivity (Wildman–Crippen MR) is 115 cm³/mol. The molecule has 0 nitrogen and oxygen atoms in total. The number of unbranched alkanes of at least 4 members (excludes halogenated alkanes) is 15. The minimum atomic E-state index is -1.17. The standard InChI is InChI=1S/C23H46Si/c1-5-7-8-9-10-11-12-13-14-15-16-17-18-19-20-21-23-24(3,4)22-6-2/h5,7-21,23H2,1-4H3. The van der Waals surface area contributed by atoms with Gasteiger partial charge in [0.05, 0.1) is 0 Å². The van der Waals surface area contributed by atoms with Gasteiger partial charge in [0.15, 0.2) is 0 Å². The van der Waals surface area contributed by atoms with Crippen LogP contribution in [0.4, 0.5) is 0 Å². The number of rotatable bonds is 17. The summed E-state index contributed by atoms with van der Waals surface area (Å²) in [4.78, 5) is 0. The van der Waals surface area contributed by atoms with Crippen molar-refractivity contribution in [2.75, 3.05) is 0 Å². The first-order valence-electron chi connectivity index (χ1n) is 11.1. The summed E-state index contributed by atoms with van der Waals surface area (Å²) < 4.78 is 0. The molecule has 0 aromatic rings. The van der Waals surface area contributed by atoms with Crippen LogP contribution in [0.3, 0.4) is 0 Å². The highest BCUT2D eigenvalue weighted by Crippen LogP contribution is 2.16. The molecular weight excluding hydrogens is 304 g/mol. The highest BCUT2D eigenvalue weighted by molar-refractivity contribution is 6.85. The van der Waals surface area contributed by atoms with Crippen LogP contribution in [0.2, 0.25) is 19.1 Å². The van der Waals surface area contributed by atoms with Crippen molar-refractivity contribution in [2.24, 2.45) is 0 Å². The Morgan fingerprint density at radius 2 is 0.875 bits per heavy atom. The summed E-state index contributed by atoms with van der Waals surface area (Å²) in [6.45, 7) is 9.11. The summed E-state index contributed by atoms with van der Waals surface area (Å²) in [5.41, 5.74) is 3.46. The van der Waals surface area contributed by atoms with Gasteiger partial charge in [-0.1, -0.05) is 123 Å². The minimum absolute atomic E-state index is 1.17. The molecule has 0 aromatic heterocycles. The molecule has 0 aromatic carbocycles. The molecule has 0 unspecified atom stereocenters. The average molecular weight is 351 g/mol. The maximum Gasteiger partial charge on any atom is 0.132 e. The second kappa shape index (κ2) is 17.6. The molecule has 0 N–H and O–H groups in total. The zero-order chi connectivity index (χ0) is 17.9. The highest BCUT2D eigenvalue weighted by Gasteiger charge is 2.16. The van der Waals surface area contributed by atoms with Crippen molar-refractivity contribution in [1.82, 2.24) is 0 Å². The van der Waals surface area contributed by atoms with Crippen molar-refractivity contribution in [3.63, 3.8) is 0 Å².